The third kappa shape index (κ3) is 4.82. The van der Waals surface area contributed by atoms with E-state index >= 15 is 0 Å². The molecule has 0 spiro atoms. The Kier molecular flexibility index (Phi) is 6.26. The first-order valence-electron chi connectivity index (χ1n) is 9.87. The summed E-state index contributed by atoms with van der Waals surface area (Å²) in [7, 11) is -3.80. The van der Waals surface area contributed by atoms with Crippen LogP contribution in [0, 0.1) is 16.0 Å². The molecule has 2 atom stereocenters. The molecule has 0 radical (unpaired) electrons. The van der Waals surface area contributed by atoms with Gasteiger partial charge in [0, 0.05) is 25.2 Å². The van der Waals surface area contributed by atoms with Gasteiger partial charge in [0.05, 0.1) is 22.0 Å². The molecule has 28 heavy (non-hydrogen) atoms. The van der Waals surface area contributed by atoms with Gasteiger partial charge in [0.15, 0.2) is 0 Å². The van der Waals surface area contributed by atoms with E-state index < -0.39 is 14.9 Å². The highest BCUT2D eigenvalue weighted by molar-refractivity contribution is 7.89. The second-order valence-corrected chi connectivity index (χ2v) is 9.86. The van der Waals surface area contributed by atoms with Gasteiger partial charge in [-0.1, -0.05) is 6.92 Å². The van der Waals surface area contributed by atoms with Crippen molar-refractivity contribution in [2.45, 2.75) is 69.6 Å². The minimum Gasteiger partial charge on any atom is -0.372 e. The van der Waals surface area contributed by atoms with Gasteiger partial charge >= 0.3 is 0 Å². The number of rotatable bonds is 5. The molecular weight excluding hydrogens is 382 g/mol. The molecule has 0 amide bonds. The van der Waals surface area contributed by atoms with Crippen LogP contribution in [-0.4, -0.2) is 44.7 Å². The summed E-state index contributed by atoms with van der Waals surface area (Å²) in [5.74, 6) is 0.611. The van der Waals surface area contributed by atoms with Gasteiger partial charge in [0.2, 0.25) is 10.0 Å². The fourth-order valence-corrected chi connectivity index (χ4v) is 5.45. The predicted molar refractivity (Wildman–Crippen MR) is 107 cm³/mol. The first-order valence-corrected chi connectivity index (χ1v) is 11.3. The summed E-state index contributed by atoms with van der Waals surface area (Å²) in [6.45, 7) is 7.05. The Hall–Kier alpha value is -1.71. The maximum atomic E-state index is 12.8. The van der Waals surface area contributed by atoms with Crippen LogP contribution in [0.2, 0.25) is 0 Å². The number of benzene rings is 1. The van der Waals surface area contributed by atoms with Crippen LogP contribution in [0.15, 0.2) is 23.1 Å². The number of anilines is 1. The van der Waals surface area contributed by atoms with Crippen molar-refractivity contribution in [2.24, 2.45) is 5.92 Å². The van der Waals surface area contributed by atoms with Gasteiger partial charge < -0.3 is 9.64 Å². The zero-order chi connectivity index (χ0) is 20.5. The molecular formula is C19H29N3O5S. The molecule has 1 saturated carbocycles. The van der Waals surface area contributed by atoms with Gasteiger partial charge in [-0.25, -0.2) is 13.1 Å². The van der Waals surface area contributed by atoms with Crippen LogP contribution >= 0.6 is 0 Å². The molecule has 156 valence electrons. The molecule has 1 N–H and O–H groups in total. The Morgan fingerprint density at radius 3 is 2.29 bits per heavy atom. The van der Waals surface area contributed by atoms with Gasteiger partial charge in [-0.3, -0.25) is 10.1 Å². The third-order valence-electron chi connectivity index (χ3n) is 5.55. The van der Waals surface area contributed by atoms with Crippen LogP contribution in [0.3, 0.4) is 0 Å². The molecule has 1 aromatic rings. The molecule has 1 aliphatic carbocycles. The first kappa shape index (κ1) is 21.0. The fraction of sp³-hybridized carbons (Fsp3) is 0.684. The number of morpholine rings is 1. The monoisotopic (exact) mass is 411 g/mol. The van der Waals surface area contributed by atoms with E-state index in [0.29, 0.717) is 24.7 Å². The standard InChI is InChI=1S/C19H29N3O5S/c1-13-4-6-16(7-5-13)20-28(25,26)17-8-9-18(19(10-17)22(23)24)21-11-14(2)27-15(3)12-21/h8-10,13-16,20H,4-7,11-12H2,1-3H3/t13?,14-,15-,16?/m0/s1. The SMILES string of the molecule is CC1CCC(NS(=O)(=O)c2ccc(N3C[C@H](C)O[C@@H](C)C3)c([N+](=O)[O-])c2)CC1. The van der Waals surface area contributed by atoms with E-state index in [9.17, 15) is 18.5 Å². The largest absolute Gasteiger partial charge is 0.372 e. The van der Waals surface area contributed by atoms with Crippen LogP contribution in [-0.2, 0) is 14.8 Å². The van der Waals surface area contributed by atoms with Crippen LogP contribution in [0.25, 0.3) is 0 Å². The molecule has 8 nitrogen and oxygen atoms in total. The smallest absolute Gasteiger partial charge is 0.293 e. The van der Waals surface area contributed by atoms with E-state index in [1.54, 1.807) is 6.07 Å². The predicted octanol–water partition coefficient (Wildman–Crippen LogP) is 3.07. The molecule has 1 aliphatic heterocycles. The van der Waals surface area contributed by atoms with E-state index in [-0.39, 0.29) is 28.8 Å². The molecule has 0 unspecified atom stereocenters. The van der Waals surface area contributed by atoms with E-state index in [0.717, 1.165) is 25.7 Å². The van der Waals surface area contributed by atoms with Crippen molar-refractivity contribution in [1.29, 1.82) is 0 Å². The summed E-state index contributed by atoms with van der Waals surface area (Å²) in [4.78, 5) is 13.0. The summed E-state index contributed by atoms with van der Waals surface area (Å²) in [6, 6.07) is 4.07. The molecule has 1 aromatic carbocycles. The fourth-order valence-electron chi connectivity index (χ4n) is 4.12. The number of ether oxygens (including phenoxy) is 1. The Morgan fingerprint density at radius 2 is 1.71 bits per heavy atom. The van der Waals surface area contributed by atoms with Crippen molar-refractivity contribution < 1.29 is 18.1 Å². The number of nitro benzene ring substituents is 1. The van der Waals surface area contributed by atoms with Crippen molar-refractivity contribution >= 4 is 21.4 Å². The number of nitro groups is 1. The summed E-state index contributed by atoms with van der Waals surface area (Å²) >= 11 is 0. The summed E-state index contributed by atoms with van der Waals surface area (Å²) in [5, 5.41) is 11.7. The zero-order valence-electron chi connectivity index (χ0n) is 16.6. The van der Waals surface area contributed by atoms with Gasteiger partial charge in [0.25, 0.3) is 5.69 Å². The Labute approximate surface area is 166 Å². The Morgan fingerprint density at radius 1 is 1.11 bits per heavy atom. The second kappa shape index (κ2) is 8.34. The van der Waals surface area contributed by atoms with Gasteiger partial charge in [-0.2, -0.15) is 0 Å². The van der Waals surface area contributed by atoms with Crippen LogP contribution in [0.5, 0.6) is 0 Å². The Balaban J connectivity index is 1.85. The molecule has 0 aromatic heterocycles. The van der Waals surface area contributed by atoms with Gasteiger partial charge in [0.1, 0.15) is 5.69 Å². The van der Waals surface area contributed by atoms with Crippen LogP contribution in [0.4, 0.5) is 11.4 Å². The molecule has 0 bridgehead atoms. The molecule has 3 rings (SSSR count). The van der Waals surface area contributed by atoms with Crippen molar-refractivity contribution in [1.82, 2.24) is 4.72 Å². The van der Waals surface area contributed by atoms with E-state index in [4.69, 9.17) is 4.74 Å². The number of hydrogen-bond acceptors (Lipinski definition) is 6. The lowest BCUT2D eigenvalue weighted by molar-refractivity contribution is -0.384. The second-order valence-electron chi connectivity index (χ2n) is 8.15. The van der Waals surface area contributed by atoms with Crippen molar-refractivity contribution in [3.63, 3.8) is 0 Å². The molecule has 9 heteroatoms. The van der Waals surface area contributed by atoms with Gasteiger partial charge in [-0.05, 0) is 57.6 Å². The van der Waals surface area contributed by atoms with Crippen LogP contribution in [0.1, 0.15) is 46.5 Å². The minimum absolute atomic E-state index is 0.0536. The summed E-state index contributed by atoms with van der Waals surface area (Å²) in [6.07, 6.45) is 3.46. The normalized spacial score (nSPS) is 28.9. The third-order valence-corrected chi connectivity index (χ3v) is 7.07. The maximum absolute atomic E-state index is 12.8. The lowest BCUT2D eigenvalue weighted by atomic mass is 9.88. The maximum Gasteiger partial charge on any atom is 0.293 e. The zero-order valence-corrected chi connectivity index (χ0v) is 17.4. The van der Waals surface area contributed by atoms with Crippen molar-refractivity contribution in [3.05, 3.63) is 28.3 Å². The van der Waals surface area contributed by atoms with Gasteiger partial charge in [-0.15, -0.1) is 0 Å². The highest BCUT2D eigenvalue weighted by Crippen LogP contribution is 2.33. The number of nitrogens with zero attached hydrogens (tertiary/aromatic N) is 2. The molecule has 1 saturated heterocycles. The van der Waals surface area contributed by atoms with E-state index in [1.165, 1.54) is 12.1 Å². The number of hydrogen-bond donors (Lipinski definition) is 1. The minimum atomic E-state index is -3.80. The van der Waals surface area contributed by atoms with E-state index in [2.05, 4.69) is 11.6 Å². The Bertz CT molecular complexity index is 811. The van der Waals surface area contributed by atoms with Crippen molar-refractivity contribution in [2.75, 3.05) is 18.0 Å². The average molecular weight is 412 g/mol. The number of sulfonamides is 1. The quantitative estimate of drug-likeness (QED) is 0.590. The topological polar surface area (TPSA) is 102 Å². The van der Waals surface area contributed by atoms with Crippen LogP contribution < -0.4 is 9.62 Å². The summed E-state index contributed by atoms with van der Waals surface area (Å²) < 4.78 is 34.0. The average Bonchev–Trinajstić information content (AvgIpc) is 2.62. The molecule has 2 fully saturated rings. The lowest BCUT2D eigenvalue weighted by Crippen LogP contribution is -2.45. The van der Waals surface area contributed by atoms with E-state index in [1.807, 2.05) is 18.7 Å². The number of nitrogens with one attached hydrogen (secondary N) is 1. The summed E-state index contributed by atoms with van der Waals surface area (Å²) in [5.41, 5.74) is 0.235. The molecule has 2 aliphatic rings. The van der Waals surface area contributed by atoms with Crippen molar-refractivity contribution in [3.8, 4) is 0 Å². The first-order chi connectivity index (χ1) is 13.2. The highest BCUT2D eigenvalue weighted by Gasteiger charge is 2.30. The highest BCUT2D eigenvalue weighted by atomic mass is 32.2. The molecule has 1 heterocycles. The lowest BCUT2D eigenvalue weighted by Gasteiger charge is -2.36.